The van der Waals surface area contributed by atoms with Gasteiger partial charge in [-0.2, -0.15) is 0 Å². The molecule has 1 saturated heterocycles. The standard InChI is InChI=1S/C22H34N4O2/c1-2-3-4-17-5-7-18(8-6-17)21(27)26-10-9-19-15-23-22(24-20(19)16-26)25-11-13-28-14-12-25/h15,17-18H,2-14,16H2,1H3. The normalized spacial score (nSPS) is 25.5. The molecule has 6 heteroatoms. The molecule has 0 atom stereocenters. The van der Waals surface area contributed by atoms with Gasteiger partial charge in [0.15, 0.2) is 0 Å². The molecule has 0 aromatic carbocycles. The van der Waals surface area contributed by atoms with Crippen molar-refractivity contribution in [3.63, 3.8) is 0 Å². The smallest absolute Gasteiger partial charge is 0.226 e. The third-order valence-corrected chi connectivity index (χ3v) is 6.70. The number of rotatable bonds is 5. The molecule has 1 aromatic rings. The molecule has 0 N–H and O–H groups in total. The number of anilines is 1. The van der Waals surface area contributed by atoms with Gasteiger partial charge in [-0.15, -0.1) is 0 Å². The molecule has 154 valence electrons. The topological polar surface area (TPSA) is 58.6 Å². The predicted molar refractivity (Wildman–Crippen MR) is 109 cm³/mol. The average Bonchev–Trinajstić information content (AvgIpc) is 2.77. The van der Waals surface area contributed by atoms with E-state index in [2.05, 4.69) is 21.7 Å². The molecule has 0 bridgehead atoms. The third kappa shape index (κ3) is 4.48. The van der Waals surface area contributed by atoms with Gasteiger partial charge < -0.3 is 14.5 Å². The Kier molecular flexibility index (Phi) is 6.45. The van der Waals surface area contributed by atoms with Gasteiger partial charge in [0.1, 0.15) is 0 Å². The quantitative estimate of drug-likeness (QED) is 0.778. The first-order valence-corrected chi connectivity index (χ1v) is 11.2. The molecule has 28 heavy (non-hydrogen) atoms. The van der Waals surface area contributed by atoms with Gasteiger partial charge in [0.25, 0.3) is 0 Å². The maximum atomic E-state index is 13.1. The van der Waals surface area contributed by atoms with E-state index in [1.54, 1.807) is 0 Å². The van der Waals surface area contributed by atoms with Crippen LogP contribution in [0.25, 0.3) is 0 Å². The van der Waals surface area contributed by atoms with Gasteiger partial charge in [0, 0.05) is 31.7 Å². The summed E-state index contributed by atoms with van der Waals surface area (Å²) >= 11 is 0. The SMILES string of the molecule is CCCCC1CCC(C(=O)N2CCc3cnc(N4CCOCC4)nc3C2)CC1. The van der Waals surface area contributed by atoms with Crippen LogP contribution in [0.4, 0.5) is 5.95 Å². The van der Waals surface area contributed by atoms with Crippen molar-refractivity contribution in [2.24, 2.45) is 11.8 Å². The molecule has 1 aromatic heterocycles. The van der Waals surface area contributed by atoms with Crippen LogP contribution in [0.3, 0.4) is 0 Å². The molecule has 0 radical (unpaired) electrons. The fourth-order valence-electron chi connectivity index (χ4n) is 4.85. The summed E-state index contributed by atoms with van der Waals surface area (Å²) in [6.07, 6.45) is 11.4. The van der Waals surface area contributed by atoms with Crippen LogP contribution in [0, 0.1) is 11.8 Å². The maximum Gasteiger partial charge on any atom is 0.226 e. The molecule has 1 aliphatic carbocycles. The second kappa shape index (κ2) is 9.21. The number of nitrogens with zero attached hydrogens (tertiary/aromatic N) is 4. The third-order valence-electron chi connectivity index (χ3n) is 6.70. The minimum atomic E-state index is 0.222. The Morgan fingerprint density at radius 2 is 1.96 bits per heavy atom. The van der Waals surface area contributed by atoms with Crippen molar-refractivity contribution in [3.05, 3.63) is 17.5 Å². The zero-order valence-corrected chi connectivity index (χ0v) is 17.2. The molecule has 1 saturated carbocycles. The second-order valence-corrected chi connectivity index (χ2v) is 8.61. The highest BCUT2D eigenvalue weighted by atomic mass is 16.5. The molecule has 3 aliphatic rings. The highest BCUT2D eigenvalue weighted by Gasteiger charge is 2.31. The van der Waals surface area contributed by atoms with E-state index in [-0.39, 0.29) is 5.92 Å². The van der Waals surface area contributed by atoms with Gasteiger partial charge >= 0.3 is 0 Å². The number of unbranched alkanes of at least 4 members (excludes halogenated alkanes) is 1. The first-order chi connectivity index (χ1) is 13.7. The number of carbonyl (C=O) groups is 1. The number of aromatic nitrogens is 2. The average molecular weight is 387 g/mol. The number of ether oxygens (including phenoxy) is 1. The fourth-order valence-corrected chi connectivity index (χ4v) is 4.85. The van der Waals surface area contributed by atoms with Gasteiger partial charge in [-0.1, -0.05) is 26.2 Å². The predicted octanol–water partition coefficient (Wildman–Crippen LogP) is 3.19. The Morgan fingerprint density at radius 3 is 2.71 bits per heavy atom. The minimum Gasteiger partial charge on any atom is -0.378 e. The van der Waals surface area contributed by atoms with Crippen molar-refractivity contribution in [2.45, 2.75) is 64.8 Å². The Morgan fingerprint density at radius 1 is 1.18 bits per heavy atom. The number of hydrogen-bond donors (Lipinski definition) is 0. The van der Waals surface area contributed by atoms with E-state index >= 15 is 0 Å². The molecule has 2 aliphatic heterocycles. The van der Waals surface area contributed by atoms with E-state index in [1.807, 2.05) is 6.20 Å². The lowest BCUT2D eigenvalue weighted by atomic mass is 9.79. The Labute approximate surface area is 168 Å². The van der Waals surface area contributed by atoms with E-state index in [9.17, 15) is 4.79 Å². The molecule has 0 unspecified atom stereocenters. The lowest BCUT2D eigenvalue weighted by Crippen LogP contribution is -2.42. The Balaban J connectivity index is 1.36. The van der Waals surface area contributed by atoms with Crippen molar-refractivity contribution in [1.29, 1.82) is 0 Å². The summed E-state index contributed by atoms with van der Waals surface area (Å²) in [4.78, 5) is 26.7. The van der Waals surface area contributed by atoms with Crippen LogP contribution in [-0.2, 0) is 22.5 Å². The lowest BCUT2D eigenvalue weighted by Gasteiger charge is -2.35. The van der Waals surface area contributed by atoms with Crippen molar-refractivity contribution >= 4 is 11.9 Å². The van der Waals surface area contributed by atoms with Gasteiger partial charge in [-0.05, 0) is 43.6 Å². The molecular weight excluding hydrogens is 352 g/mol. The Hall–Kier alpha value is -1.69. The van der Waals surface area contributed by atoms with Crippen LogP contribution < -0.4 is 4.90 Å². The second-order valence-electron chi connectivity index (χ2n) is 8.61. The zero-order chi connectivity index (χ0) is 19.3. The monoisotopic (exact) mass is 386 g/mol. The van der Waals surface area contributed by atoms with Gasteiger partial charge in [0.05, 0.1) is 25.5 Å². The van der Waals surface area contributed by atoms with E-state index in [1.165, 1.54) is 37.7 Å². The van der Waals surface area contributed by atoms with Crippen molar-refractivity contribution in [3.8, 4) is 0 Å². The number of carbonyl (C=O) groups excluding carboxylic acids is 1. The molecule has 6 nitrogen and oxygen atoms in total. The molecule has 3 heterocycles. The summed E-state index contributed by atoms with van der Waals surface area (Å²) in [5, 5.41) is 0. The van der Waals surface area contributed by atoms with Crippen LogP contribution in [-0.4, -0.2) is 53.6 Å². The summed E-state index contributed by atoms with van der Waals surface area (Å²) < 4.78 is 5.43. The summed E-state index contributed by atoms with van der Waals surface area (Å²) in [6, 6.07) is 0. The lowest BCUT2D eigenvalue weighted by molar-refractivity contribution is -0.137. The van der Waals surface area contributed by atoms with Gasteiger partial charge in [-0.25, -0.2) is 9.97 Å². The summed E-state index contributed by atoms with van der Waals surface area (Å²) in [7, 11) is 0. The van der Waals surface area contributed by atoms with Crippen LogP contribution in [0.1, 0.15) is 63.1 Å². The van der Waals surface area contributed by atoms with Crippen LogP contribution in [0.15, 0.2) is 6.20 Å². The minimum absolute atomic E-state index is 0.222. The first kappa shape index (κ1) is 19.6. The van der Waals surface area contributed by atoms with Gasteiger partial charge in [-0.3, -0.25) is 4.79 Å². The summed E-state index contributed by atoms with van der Waals surface area (Å²) in [6.45, 7) is 6.84. The van der Waals surface area contributed by atoms with Crippen LogP contribution >= 0.6 is 0 Å². The highest BCUT2D eigenvalue weighted by Crippen LogP contribution is 2.33. The number of hydrogen-bond acceptors (Lipinski definition) is 5. The number of fused-ring (bicyclic) bond motifs is 1. The zero-order valence-electron chi connectivity index (χ0n) is 17.2. The molecule has 4 rings (SSSR count). The van der Waals surface area contributed by atoms with E-state index in [0.29, 0.717) is 12.5 Å². The van der Waals surface area contributed by atoms with Crippen molar-refractivity contribution < 1.29 is 9.53 Å². The maximum absolute atomic E-state index is 13.1. The largest absolute Gasteiger partial charge is 0.378 e. The summed E-state index contributed by atoms with van der Waals surface area (Å²) in [5.41, 5.74) is 2.23. The summed E-state index contributed by atoms with van der Waals surface area (Å²) in [5.74, 6) is 2.20. The molecule has 2 fully saturated rings. The van der Waals surface area contributed by atoms with Crippen molar-refractivity contribution in [1.82, 2.24) is 14.9 Å². The van der Waals surface area contributed by atoms with Crippen LogP contribution in [0.2, 0.25) is 0 Å². The van der Waals surface area contributed by atoms with E-state index < -0.39 is 0 Å². The van der Waals surface area contributed by atoms with Crippen molar-refractivity contribution in [2.75, 3.05) is 37.7 Å². The number of amides is 1. The molecular formula is C22H34N4O2. The first-order valence-electron chi connectivity index (χ1n) is 11.2. The fraction of sp³-hybridized carbons (Fsp3) is 0.773. The van der Waals surface area contributed by atoms with Crippen LogP contribution in [0.5, 0.6) is 0 Å². The highest BCUT2D eigenvalue weighted by molar-refractivity contribution is 5.79. The van der Waals surface area contributed by atoms with E-state index in [0.717, 1.165) is 69.7 Å². The number of morpholine rings is 1. The van der Waals surface area contributed by atoms with Gasteiger partial charge in [0.2, 0.25) is 11.9 Å². The molecule has 1 amide bonds. The Bertz CT molecular complexity index is 667. The van der Waals surface area contributed by atoms with E-state index in [4.69, 9.17) is 9.72 Å². The molecule has 0 spiro atoms.